The van der Waals surface area contributed by atoms with Crippen LogP contribution in [-0.2, 0) is 6.61 Å². The number of nitrogens with zero attached hydrogens (tertiary/aromatic N) is 1. The fourth-order valence-corrected chi connectivity index (χ4v) is 3.09. The van der Waals surface area contributed by atoms with E-state index in [1.165, 1.54) is 22.5 Å². The quantitative estimate of drug-likeness (QED) is 0.710. The Hall–Kier alpha value is -2.66. The van der Waals surface area contributed by atoms with Gasteiger partial charge in [0, 0.05) is 11.1 Å². The molecular formula is C20H20N2O2S. The van der Waals surface area contributed by atoms with E-state index in [0.717, 1.165) is 22.0 Å². The fraction of sp³-hybridized carbons (Fsp3) is 0.200. The minimum absolute atomic E-state index is 0.204. The molecule has 0 spiro atoms. The van der Waals surface area contributed by atoms with Crippen molar-refractivity contribution in [2.24, 2.45) is 0 Å². The summed E-state index contributed by atoms with van der Waals surface area (Å²) in [7, 11) is 0. The maximum atomic E-state index is 12.4. The molecule has 0 saturated heterocycles. The van der Waals surface area contributed by atoms with Gasteiger partial charge < -0.3 is 10.1 Å². The van der Waals surface area contributed by atoms with E-state index < -0.39 is 0 Å². The van der Waals surface area contributed by atoms with Crippen molar-refractivity contribution in [3.8, 4) is 5.75 Å². The SMILES string of the molecule is Cc1ccc(OCc2nc(C(=O)Nc3ccc(C)cc3C)cs2)cc1. The number of aromatic nitrogens is 1. The van der Waals surface area contributed by atoms with Gasteiger partial charge in [0.25, 0.3) is 5.91 Å². The van der Waals surface area contributed by atoms with E-state index in [-0.39, 0.29) is 5.91 Å². The van der Waals surface area contributed by atoms with Crippen LogP contribution in [-0.4, -0.2) is 10.9 Å². The third kappa shape index (κ3) is 4.45. The highest BCUT2D eigenvalue weighted by Crippen LogP contribution is 2.19. The van der Waals surface area contributed by atoms with Crippen LogP contribution in [0.15, 0.2) is 47.8 Å². The number of carbonyl (C=O) groups is 1. The molecule has 0 aliphatic rings. The summed E-state index contributed by atoms with van der Waals surface area (Å²) in [5.41, 5.74) is 4.60. The second kappa shape index (κ2) is 7.49. The number of aryl methyl sites for hydroxylation is 3. The summed E-state index contributed by atoms with van der Waals surface area (Å²) < 4.78 is 5.71. The normalized spacial score (nSPS) is 10.5. The average Bonchev–Trinajstić information content (AvgIpc) is 3.06. The van der Waals surface area contributed by atoms with Gasteiger partial charge >= 0.3 is 0 Å². The summed E-state index contributed by atoms with van der Waals surface area (Å²) in [5, 5.41) is 5.44. The first-order chi connectivity index (χ1) is 12.0. The van der Waals surface area contributed by atoms with Crippen LogP contribution in [0.2, 0.25) is 0 Å². The molecule has 3 rings (SSSR count). The summed E-state index contributed by atoms with van der Waals surface area (Å²) in [6.07, 6.45) is 0. The summed E-state index contributed by atoms with van der Waals surface area (Å²) in [6, 6.07) is 13.8. The molecule has 25 heavy (non-hydrogen) atoms. The van der Waals surface area contributed by atoms with Crippen molar-refractivity contribution in [3.63, 3.8) is 0 Å². The zero-order valence-corrected chi connectivity index (χ0v) is 15.3. The van der Waals surface area contributed by atoms with Gasteiger partial charge in [-0.3, -0.25) is 4.79 Å². The van der Waals surface area contributed by atoms with E-state index in [1.807, 2.05) is 63.2 Å². The number of anilines is 1. The van der Waals surface area contributed by atoms with Crippen molar-refractivity contribution >= 4 is 22.9 Å². The van der Waals surface area contributed by atoms with Crippen LogP contribution in [0.5, 0.6) is 5.75 Å². The lowest BCUT2D eigenvalue weighted by Crippen LogP contribution is -2.13. The van der Waals surface area contributed by atoms with E-state index in [0.29, 0.717) is 12.3 Å². The lowest BCUT2D eigenvalue weighted by molar-refractivity contribution is 0.102. The van der Waals surface area contributed by atoms with Gasteiger partial charge in [-0.25, -0.2) is 4.98 Å². The molecule has 1 amide bonds. The molecule has 1 heterocycles. The number of thiazole rings is 1. The minimum atomic E-state index is -0.204. The highest BCUT2D eigenvalue weighted by molar-refractivity contribution is 7.09. The minimum Gasteiger partial charge on any atom is -0.486 e. The van der Waals surface area contributed by atoms with Gasteiger partial charge in [0.05, 0.1) is 0 Å². The second-order valence-corrected chi connectivity index (χ2v) is 6.94. The molecule has 0 radical (unpaired) electrons. The number of rotatable bonds is 5. The Balaban J connectivity index is 1.62. The number of hydrogen-bond donors (Lipinski definition) is 1. The van der Waals surface area contributed by atoms with Crippen LogP contribution in [0.1, 0.15) is 32.2 Å². The summed E-state index contributed by atoms with van der Waals surface area (Å²) in [4.78, 5) is 16.7. The predicted molar refractivity (Wildman–Crippen MR) is 101 cm³/mol. The Kier molecular flexibility index (Phi) is 5.14. The molecule has 1 aromatic heterocycles. The maximum absolute atomic E-state index is 12.4. The van der Waals surface area contributed by atoms with Crippen LogP contribution in [0.25, 0.3) is 0 Å². The number of benzene rings is 2. The molecule has 0 bridgehead atoms. The second-order valence-electron chi connectivity index (χ2n) is 6.00. The molecule has 0 aliphatic heterocycles. The maximum Gasteiger partial charge on any atom is 0.275 e. The first-order valence-electron chi connectivity index (χ1n) is 8.04. The predicted octanol–water partition coefficient (Wildman–Crippen LogP) is 4.90. The molecule has 1 N–H and O–H groups in total. The molecule has 0 atom stereocenters. The Morgan fingerprint density at radius 1 is 1.08 bits per heavy atom. The third-order valence-corrected chi connectivity index (χ3v) is 4.62. The highest BCUT2D eigenvalue weighted by atomic mass is 32.1. The Labute approximate surface area is 151 Å². The molecule has 5 heteroatoms. The molecule has 4 nitrogen and oxygen atoms in total. The average molecular weight is 352 g/mol. The third-order valence-electron chi connectivity index (χ3n) is 3.80. The standard InChI is InChI=1S/C20H20N2O2S/c1-13-4-7-16(8-5-13)24-11-19-21-18(12-25-19)20(23)22-17-9-6-14(2)10-15(17)3/h4-10,12H,11H2,1-3H3,(H,22,23). The summed E-state index contributed by atoms with van der Waals surface area (Å²) >= 11 is 1.42. The lowest BCUT2D eigenvalue weighted by Gasteiger charge is -2.07. The van der Waals surface area contributed by atoms with Crippen molar-refractivity contribution in [2.75, 3.05) is 5.32 Å². The first kappa shape index (κ1) is 17.2. The fourth-order valence-electron chi connectivity index (χ4n) is 2.40. The molecular weight excluding hydrogens is 332 g/mol. The zero-order chi connectivity index (χ0) is 17.8. The van der Waals surface area contributed by atoms with Gasteiger partial charge in [-0.2, -0.15) is 0 Å². The molecule has 2 aromatic carbocycles. The Morgan fingerprint density at radius 2 is 1.80 bits per heavy atom. The number of ether oxygens (including phenoxy) is 1. The molecule has 0 aliphatic carbocycles. The van der Waals surface area contributed by atoms with Crippen LogP contribution < -0.4 is 10.1 Å². The van der Waals surface area contributed by atoms with Gasteiger partial charge in [0.2, 0.25) is 0 Å². The van der Waals surface area contributed by atoms with Crippen LogP contribution in [0.4, 0.5) is 5.69 Å². The highest BCUT2D eigenvalue weighted by Gasteiger charge is 2.12. The monoisotopic (exact) mass is 352 g/mol. The van der Waals surface area contributed by atoms with E-state index >= 15 is 0 Å². The van der Waals surface area contributed by atoms with E-state index in [4.69, 9.17) is 4.74 Å². The van der Waals surface area contributed by atoms with Crippen LogP contribution >= 0.6 is 11.3 Å². The largest absolute Gasteiger partial charge is 0.486 e. The van der Waals surface area contributed by atoms with Gasteiger partial charge in [-0.05, 0) is 44.5 Å². The van der Waals surface area contributed by atoms with E-state index in [9.17, 15) is 4.79 Å². The molecule has 3 aromatic rings. The lowest BCUT2D eigenvalue weighted by atomic mass is 10.1. The van der Waals surface area contributed by atoms with Crippen molar-refractivity contribution < 1.29 is 9.53 Å². The van der Waals surface area contributed by atoms with Gasteiger partial charge in [-0.1, -0.05) is 35.4 Å². The summed E-state index contributed by atoms with van der Waals surface area (Å²) in [5.74, 6) is 0.590. The van der Waals surface area contributed by atoms with Crippen LogP contribution in [0.3, 0.4) is 0 Å². The van der Waals surface area contributed by atoms with Crippen molar-refractivity contribution in [1.82, 2.24) is 4.98 Å². The van der Waals surface area contributed by atoms with Gasteiger partial charge in [-0.15, -0.1) is 11.3 Å². The van der Waals surface area contributed by atoms with Crippen molar-refractivity contribution in [1.29, 1.82) is 0 Å². The van der Waals surface area contributed by atoms with Gasteiger partial charge in [0.15, 0.2) is 0 Å². The molecule has 0 fully saturated rings. The van der Waals surface area contributed by atoms with E-state index in [2.05, 4.69) is 10.3 Å². The molecule has 128 valence electrons. The number of carbonyl (C=O) groups excluding carboxylic acids is 1. The first-order valence-corrected chi connectivity index (χ1v) is 8.92. The van der Waals surface area contributed by atoms with Crippen LogP contribution in [0, 0.1) is 20.8 Å². The number of hydrogen-bond acceptors (Lipinski definition) is 4. The van der Waals surface area contributed by atoms with Crippen molar-refractivity contribution in [3.05, 3.63) is 75.2 Å². The molecule has 0 saturated carbocycles. The smallest absolute Gasteiger partial charge is 0.275 e. The molecule has 0 unspecified atom stereocenters. The number of nitrogens with one attached hydrogen (secondary N) is 1. The summed E-state index contributed by atoms with van der Waals surface area (Å²) in [6.45, 7) is 6.39. The Bertz CT molecular complexity index is 885. The van der Waals surface area contributed by atoms with E-state index in [1.54, 1.807) is 5.38 Å². The van der Waals surface area contributed by atoms with Crippen molar-refractivity contribution in [2.45, 2.75) is 27.4 Å². The number of amides is 1. The van der Waals surface area contributed by atoms with Gasteiger partial charge in [0.1, 0.15) is 23.1 Å². The Morgan fingerprint density at radius 3 is 2.52 bits per heavy atom. The topological polar surface area (TPSA) is 51.2 Å². The zero-order valence-electron chi connectivity index (χ0n) is 14.5.